The van der Waals surface area contributed by atoms with Crippen molar-refractivity contribution in [1.82, 2.24) is 10.2 Å². The van der Waals surface area contributed by atoms with Gasteiger partial charge in [-0.1, -0.05) is 27.7 Å². The Morgan fingerprint density at radius 3 is 1.94 bits per heavy atom. The summed E-state index contributed by atoms with van der Waals surface area (Å²) in [4.78, 5) is 2.68. The fourth-order valence-corrected chi connectivity index (χ4v) is 2.11. The second-order valence-corrected chi connectivity index (χ2v) is 6.79. The Morgan fingerprint density at radius 1 is 0.944 bits per heavy atom. The molecule has 0 spiro atoms. The third-order valence-electron chi connectivity index (χ3n) is 3.71. The first-order chi connectivity index (χ1) is 8.58. The van der Waals surface area contributed by atoms with Gasteiger partial charge in [-0.15, -0.1) is 0 Å². The summed E-state index contributed by atoms with van der Waals surface area (Å²) < 4.78 is 0. The van der Waals surface area contributed by atoms with Crippen LogP contribution in [0.1, 0.15) is 59.8 Å². The van der Waals surface area contributed by atoms with Crippen LogP contribution < -0.4 is 5.32 Å². The van der Waals surface area contributed by atoms with Crippen LogP contribution in [0.2, 0.25) is 0 Å². The first kappa shape index (κ1) is 16.0. The highest BCUT2D eigenvalue weighted by atomic mass is 15.1. The average molecular weight is 254 g/mol. The van der Waals surface area contributed by atoms with Gasteiger partial charge in [0.05, 0.1) is 0 Å². The van der Waals surface area contributed by atoms with Crippen LogP contribution >= 0.6 is 0 Å². The Balaban J connectivity index is 2.10. The van der Waals surface area contributed by atoms with Crippen LogP contribution in [0.25, 0.3) is 0 Å². The van der Waals surface area contributed by atoms with E-state index in [-0.39, 0.29) is 0 Å². The second-order valence-electron chi connectivity index (χ2n) is 6.79. The number of nitrogens with one attached hydrogen (secondary N) is 1. The number of hydrogen-bond donors (Lipinski definition) is 1. The molecule has 0 aromatic rings. The minimum absolute atomic E-state index is 0.830. The predicted octanol–water partition coefficient (Wildman–Crippen LogP) is 3.52. The van der Waals surface area contributed by atoms with Gasteiger partial charge in [0.25, 0.3) is 0 Å². The van der Waals surface area contributed by atoms with Gasteiger partial charge < -0.3 is 10.2 Å². The van der Waals surface area contributed by atoms with Crippen LogP contribution in [0.15, 0.2) is 0 Å². The molecule has 0 radical (unpaired) electrons. The van der Waals surface area contributed by atoms with E-state index in [0.29, 0.717) is 0 Å². The van der Waals surface area contributed by atoms with Gasteiger partial charge in [0, 0.05) is 6.04 Å². The molecule has 1 rings (SSSR count). The lowest BCUT2D eigenvalue weighted by Crippen LogP contribution is -2.31. The Bertz CT molecular complexity index is 185. The molecule has 0 amide bonds. The Hall–Kier alpha value is -0.0800. The lowest BCUT2D eigenvalue weighted by atomic mass is 10.1. The molecule has 18 heavy (non-hydrogen) atoms. The summed E-state index contributed by atoms with van der Waals surface area (Å²) in [6.07, 6.45) is 6.81. The smallest absolute Gasteiger partial charge is 0.00682 e. The van der Waals surface area contributed by atoms with Gasteiger partial charge in [0.1, 0.15) is 0 Å². The standard InChI is InChI=1S/C16H34N2/c1-14(2)8-12-18(13-9-15(3)4)11-5-10-17-16-6-7-16/h14-17H,5-13H2,1-4H3. The van der Waals surface area contributed by atoms with E-state index in [1.54, 1.807) is 0 Å². The monoisotopic (exact) mass is 254 g/mol. The first-order valence-electron chi connectivity index (χ1n) is 8.03. The molecule has 0 unspecified atom stereocenters. The molecule has 2 nitrogen and oxygen atoms in total. The molecule has 0 heterocycles. The van der Waals surface area contributed by atoms with Crippen molar-refractivity contribution in [2.24, 2.45) is 11.8 Å². The van der Waals surface area contributed by atoms with Crippen molar-refractivity contribution < 1.29 is 0 Å². The molecule has 2 heteroatoms. The molecule has 1 saturated carbocycles. The number of rotatable bonds is 11. The Kier molecular flexibility index (Phi) is 7.92. The summed E-state index contributed by atoms with van der Waals surface area (Å²) >= 11 is 0. The van der Waals surface area contributed by atoms with E-state index in [2.05, 4.69) is 37.9 Å². The fourth-order valence-electron chi connectivity index (χ4n) is 2.11. The van der Waals surface area contributed by atoms with Crippen molar-refractivity contribution >= 4 is 0 Å². The number of nitrogens with zero attached hydrogens (tertiary/aromatic N) is 1. The molecule has 1 aliphatic rings. The van der Waals surface area contributed by atoms with Gasteiger partial charge >= 0.3 is 0 Å². The third-order valence-corrected chi connectivity index (χ3v) is 3.71. The van der Waals surface area contributed by atoms with E-state index in [9.17, 15) is 0 Å². The average Bonchev–Trinajstić information content (AvgIpc) is 3.10. The highest BCUT2D eigenvalue weighted by Gasteiger charge is 2.19. The van der Waals surface area contributed by atoms with Crippen LogP contribution in [-0.2, 0) is 0 Å². The highest BCUT2D eigenvalue weighted by molar-refractivity contribution is 4.80. The largest absolute Gasteiger partial charge is 0.314 e. The van der Waals surface area contributed by atoms with Gasteiger partial charge in [0.2, 0.25) is 0 Å². The zero-order valence-corrected chi connectivity index (χ0v) is 13.0. The molecular weight excluding hydrogens is 220 g/mol. The van der Waals surface area contributed by atoms with Gasteiger partial charge in [-0.3, -0.25) is 0 Å². The summed E-state index contributed by atoms with van der Waals surface area (Å²) in [5.41, 5.74) is 0. The minimum atomic E-state index is 0.830. The maximum absolute atomic E-state index is 3.62. The first-order valence-corrected chi connectivity index (χ1v) is 8.03. The maximum atomic E-state index is 3.62. The lowest BCUT2D eigenvalue weighted by molar-refractivity contribution is 0.240. The molecule has 0 saturated heterocycles. The van der Waals surface area contributed by atoms with Crippen molar-refractivity contribution in [3.63, 3.8) is 0 Å². The topological polar surface area (TPSA) is 15.3 Å². The molecule has 0 aromatic carbocycles. The molecule has 0 aromatic heterocycles. The normalized spacial score (nSPS) is 16.2. The highest BCUT2D eigenvalue weighted by Crippen LogP contribution is 2.18. The van der Waals surface area contributed by atoms with E-state index in [0.717, 1.165) is 17.9 Å². The Labute approximate surface area is 115 Å². The van der Waals surface area contributed by atoms with Crippen LogP contribution in [0, 0.1) is 11.8 Å². The van der Waals surface area contributed by atoms with Crippen molar-refractivity contribution in [3.05, 3.63) is 0 Å². The van der Waals surface area contributed by atoms with Crippen molar-refractivity contribution in [2.45, 2.75) is 65.8 Å². The van der Waals surface area contributed by atoms with E-state index < -0.39 is 0 Å². The molecule has 1 fully saturated rings. The molecule has 0 aliphatic heterocycles. The van der Waals surface area contributed by atoms with Crippen LogP contribution in [0.3, 0.4) is 0 Å². The molecule has 0 atom stereocenters. The zero-order valence-electron chi connectivity index (χ0n) is 13.0. The molecule has 1 N–H and O–H groups in total. The lowest BCUT2D eigenvalue weighted by Gasteiger charge is -2.24. The van der Waals surface area contributed by atoms with Crippen LogP contribution in [0.5, 0.6) is 0 Å². The van der Waals surface area contributed by atoms with Gasteiger partial charge in [-0.25, -0.2) is 0 Å². The van der Waals surface area contributed by atoms with E-state index >= 15 is 0 Å². The van der Waals surface area contributed by atoms with E-state index in [1.807, 2.05) is 0 Å². The van der Waals surface area contributed by atoms with Crippen molar-refractivity contribution in [2.75, 3.05) is 26.2 Å². The van der Waals surface area contributed by atoms with Gasteiger partial charge in [-0.2, -0.15) is 0 Å². The minimum Gasteiger partial charge on any atom is -0.314 e. The van der Waals surface area contributed by atoms with Crippen LogP contribution in [-0.4, -0.2) is 37.1 Å². The maximum Gasteiger partial charge on any atom is 0.00682 e. The quantitative estimate of drug-likeness (QED) is 0.568. The summed E-state index contributed by atoms with van der Waals surface area (Å²) in [6, 6.07) is 0.866. The SMILES string of the molecule is CC(C)CCN(CCCNC1CC1)CCC(C)C. The third kappa shape index (κ3) is 8.93. The van der Waals surface area contributed by atoms with Crippen molar-refractivity contribution in [3.8, 4) is 0 Å². The molecule has 1 aliphatic carbocycles. The summed E-state index contributed by atoms with van der Waals surface area (Å²) in [6.45, 7) is 14.4. The summed E-state index contributed by atoms with van der Waals surface area (Å²) in [7, 11) is 0. The van der Waals surface area contributed by atoms with Gasteiger partial charge in [0.15, 0.2) is 0 Å². The summed E-state index contributed by atoms with van der Waals surface area (Å²) in [5, 5.41) is 3.62. The number of hydrogen-bond acceptors (Lipinski definition) is 2. The fraction of sp³-hybridized carbons (Fsp3) is 1.00. The predicted molar refractivity (Wildman–Crippen MR) is 81.0 cm³/mol. The molecular formula is C16H34N2. The van der Waals surface area contributed by atoms with Gasteiger partial charge in [-0.05, 0) is 70.1 Å². The second kappa shape index (κ2) is 8.92. The molecule has 0 bridgehead atoms. The van der Waals surface area contributed by atoms with Crippen molar-refractivity contribution in [1.29, 1.82) is 0 Å². The Morgan fingerprint density at radius 2 is 1.50 bits per heavy atom. The van der Waals surface area contributed by atoms with E-state index in [1.165, 1.54) is 58.3 Å². The zero-order chi connectivity index (χ0) is 13.4. The van der Waals surface area contributed by atoms with E-state index in [4.69, 9.17) is 0 Å². The van der Waals surface area contributed by atoms with Crippen LogP contribution in [0.4, 0.5) is 0 Å². The summed E-state index contributed by atoms with van der Waals surface area (Å²) in [5.74, 6) is 1.66. The molecule has 108 valence electrons.